The fourth-order valence-electron chi connectivity index (χ4n) is 1.41. The molecule has 0 saturated carbocycles. The van der Waals surface area contributed by atoms with Gasteiger partial charge in [-0.15, -0.1) is 0 Å². The van der Waals surface area contributed by atoms with E-state index in [9.17, 15) is 9.59 Å². The maximum atomic E-state index is 11.8. The zero-order valence-electron chi connectivity index (χ0n) is 10.4. The summed E-state index contributed by atoms with van der Waals surface area (Å²) in [5, 5.41) is 11.5. The Labute approximate surface area is 99.8 Å². The second-order valence-corrected chi connectivity index (χ2v) is 5.02. The highest BCUT2D eigenvalue weighted by atomic mass is 16.4. The van der Waals surface area contributed by atoms with Crippen LogP contribution in [0.25, 0.3) is 0 Å². The van der Waals surface area contributed by atoms with Gasteiger partial charge in [-0.2, -0.15) is 0 Å². The SMILES string of the molecule is Cc1ccc(C(=O)NC(C(=O)O)C(C)(C)C)o1. The van der Waals surface area contributed by atoms with E-state index in [1.807, 2.05) is 0 Å². The lowest BCUT2D eigenvalue weighted by molar-refractivity contribution is -0.142. The molecule has 0 radical (unpaired) electrons. The Morgan fingerprint density at radius 2 is 1.94 bits per heavy atom. The summed E-state index contributed by atoms with van der Waals surface area (Å²) in [6.07, 6.45) is 0. The molecular weight excluding hydrogens is 222 g/mol. The molecule has 1 amide bonds. The van der Waals surface area contributed by atoms with E-state index in [0.717, 1.165) is 0 Å². The molecular formula is C12H17NO4. The van der Waals surface area contributed by atoms with Crippen molar-refractivity contribution in [1.29, 1.82) is 0 Å². The highest BCUT2D eigenvalue weighted by Gasteiger charge is 2.33. The molecule has 0 aliphatic heterocycles. The van der Waals surface area contributed by atoms with Crippen molar-refractivity contribution >= 4 is 11.9 Å². The van der Waals surface area contributed by atoms with Gasteiger partial charge >= 0.3 is 5.97 Å². The van der Waals surface area contributed by atoms with Crippen molar-refractivity contribution in [3.05, 3.63) is 23.7 Å². The molecule has 1 aromatic rings. The number of carbonyl (C=O) groups is 2. The van der Waals surface area contributed by atoms with Crippen LogP contribution in [0, 0.1) is 12.3 Å². The number of aryl methyl sites for hydroxylation is 1. The molecule has 1 unspecified atom stereocenters. The van der Waals surface area contributed by atoms with Crippen molar-refractivity contribution in [3.63, 3.8) is 0 Å². The van der Waals surface area contributed by atoms with Crippen LogP contribution in [0.5, 0.6) is 0 Å². The van der Waals surface area contributed by atoms with E-state index in [4.69, 9.17) is 9.52 Å². The third-order valence-corrected chi connectivity index (χ3v) is 2.35. The van der Waals surface area contributed by atoms with Gasteiger partial charge in [-0.25, -0.2) is 4.79 Å². The number of rotatable bonds is 3. The van der Waals surface area contributed by atoms with Crippen LogP contribution in [0.2, 0.25) is 0 Å². The lowest BCUT2D eigenvalue weighted by Gasteiger charge is -2.27. The molecule has 5 nitrogen and oxygen atoms in total. The van der Waals surface area contributed by atoms with Gasteiger partial charge in [-0.3, -0.25) is 4.79 Å². The largest absolute Gasteiger partial charge is 0.480 e. The smallest absolute Gasteiger partial charge is 0.326 e. The molecule has 1 rings (SSSR count). The van der Waals surface area contributed by atoms with Crippen molar-refractivity contribution in [3.8, 4) is 0 Å². The average Bonchev–Trinajstić information content (AvgIpc) is 2.58. The number of hydrogen-bond donors (Lipinski definition) is 2. The highest BCUT2D eigenvalue weighted by Crippen LogP contribution is 2.20. The van der Waals surface area contributed by atoms with E-state index in [-0.39, 0.29) is 5.76 Å². The minimum Gasteiger partial charge on any atom is -0.480 e. The molecule has 1 aromatic heterocycles. The third-order valence-electron chi connectivity index (χ3n) is 2.35. The van der Waals surface area contributed by atoms with Gasteiger partial charge < -0.3 is 14.8 Å². The molecule has 1 heterocycles. The van der Waals surface area contributed by atoms with Gasteiger partial charge in [0.05, 0.1) is 0 Å². The van der Waals surface area contributed by atoms with Crippen LogP contribution < -0.4 is 5.32 Å². The molecule has 0 saturated heterocycles. The quantitative estimate of drug-likeness (QED) is 0.843. The first-order chi connectivity index (χ1) is 7.71. The van der Waals surface area contributed by atoms with Gasteiger partial charge in [0.1, 0.15) is 11.8 Å². The number of amides is 1. The molecule has 0 bridgehead atoms. The number of hydrogen-bond acceptors (Lipinski definition) is 3. The molecule has 1 atom stereocenters. The highest BCUT2D eigenvalue weighted by molar-refractivity contribution is 5.94. The van der Waals surface area contributed by atoms with E-state index in [2.05, 4.69) is 5.32 Å². The van der Waals surface area contributed by atoms with Crippen LogP contribution in [0.4, 0.5) is 0 Å². The number of furan rings is 1. The molecule has 5 heteroatoms. The molecule has 0 spiro atoms. The standard InChI is InChI=1S/C12H17NO4/c1-7-5-6-8(17-7)10(14)13-9(11(15)16)12(2,3)4/h5-6,9H,1-4H3,(H,13,14)(H,15,16). The van der Waals surface area contributed by atoms with Gasteiger partial charge in [-0.1, -0.05) is 20.8 Å². The summed E-state index contributed by atoms with van der Waals surface area (Å²) >= 11 is 0. The Kier molecular flexibility index (Phi) is 3.60. The normalized spacial score (nSPS) is 13.2. The van der Waals surface area contributed by atoms with Crippen LogP contribution in [-0.2, 0) is 4.79 Å². The van der Waals surface area contributed by atoms with E-state index < -0.39 is 23.3 Å². The lowest BCUT2D eigenvalue weighted by Crippen LogP contribution is -2.49. The summed E-state index contributed by atoms with van der Waals surface area (Å²) in [5.74, 6) is -0.842. The summed E-state index contributed by atoms with van der Waals surface area (Å²) in [4.78, 5) is 22.8. The van der Waals surface area contributed by atoms with E-state index in [1.54, 1.807) is 33.8 Å². The van der Waals surface area contributed by atoms with Crippen molar-refractivity contribution in [1.82, 2.24) is 5.32 Å². The van der Waals surface area contributed by atoms with Crippen LogP contribution in [-0.4, -0.2) is 23.0 Å². The molecule has 0 fully saturated rings. The zero-order valence-corrected chi connectivity index (χ0v) is 10.4. The van der Waals surface area contributed by atoms with Crippen LogP contribution >= 0.6 is 0 Å². The first kappa shape index (κ1) is 13.3. The van der Waals surface area contributed by atoms with E-state index in [1.165, 1.54) is 6.07 Å². The maximum Gasteiger partial charge on any atom is 0.326 e. The predicted octanol–water partition coefficient (Wildman–Crippen LogP) is 1.82. The first-order valence-corrected chi connectivity index (χ1v) is 5.32. The molecule has 17 heavy (non-hydrogen) atoms. The minimum absolute atomic E-state index is 0.123. The fraction of sp³-hybridized carbons (Fsp3) is 0.500. The summed E-state index contributed by atoms with van der Waals surface area (Å²) in [6, 6.07) is 2.22. The van der Waals surface area contributed by atoms with Crippen molar-refractivity contribution < 1.29 is 19.1 Å². The Bertz CT molecular complexity index is 428. The van der Waals surface area contributed by atoms with Gasteiger partial charge in [0.2, 0.25) is 0 Å². The minimum atomic E-state index is -1.06. The summed E-state index contributed by atoms with van der Waals surface area (Å²) in [6.45, 7) is 6.97. The molecule has 0 aliphatic carbocycles. The first-order valence-electron chi connectivity index (χ1n) is 5.32. The van der Waals surface area contributed by atoms with Crippen LogP contribution in [0.3, 0.4) is 0 Å². The monoisotopic (exact) mass is 239 g/mol. The molecule has 0 aromatic carbocycles. The van der Waals surface area contributed by atoms with E-state index >= 15 is 0 Å². The van der Waals surface area contributed by atoms with Crippen LogP contribution in [0.15, 0.2) is 16.5 Å². The Morgan fingerprint density at radius 3 is 2.29 bits per heavy atom. The molecule has 94 valence electrons. The average molecular weight is 239 g/mol. The topological polar surface area (TPSA) is 79.5 Å². The number of carboxylic acids is 1. The van der Waals surface area contributed by atoms with Gasteiger partial charge in [0, 0.05) is 0 Å². The number of carboxylic acid groups (broad SMARTS) is 1. The van der Waals surface area contributed by atoms with Gasteiger partial charge in [0.25, 0.3) is 5.91 Å². The van der Waals surface area contributed by atoms with Gasteiger partial charge in [0.15, 0.2) is 5.76 Å². The second kappa shape index (κ2) is 4.61. The molecule has 2 N–H and O–H groups in total. The Morgan fingerprint density at radius 1 is 1.35 bits per heavy atom. The van der Waals surface area contributed by atoms with Crippen LogP contribution in [0.1, 0.15) is 37.1 Å². The summed E-state index contributed by atoms with van der Waals surface area (Å²) in [5.41, 5.74) is -0.566. The van der Waals surface area contributed by atoms with Crippen molar-refractivity contribution in [2.45, 2.75) is 33.7 Å². The fourth-order valence-corrected chi connectivity index (χ4v) is 1.41. The third kappa shape index (κ3) is 3.34. The van der Waals surface area contributed by atoms with E-state index in [0.29, 0.717) is 5.76 Å². The second-order valence-electron chi connectivity index (χ2n) is 5.02. The van der Waals surface area contributed by atoms with Crippen molar-refractivity contribution in [2.24, 2.45) is 5.41 Å². The molecule has 0 aliphatic rings. The summed E-state index contributed by atoms with van der Waals surface area (Å²) < 4.78 is 5.13. The predicted molar refractivity (Wildman–Crippen MR) is 61.8 cm³/mol. The Hall–Kier alpha value is -1.78. The zero-order chi connectivity index (χ0) is 13.2. The Balaban J connectivity index is 2.82. The lowest BCUT2D eigenvalue weighted by atomic mass is 9.87. The van der Waals surface area contributed by atoms with Crippen molar-refractivity contribution in [2.75, 3.05) is 0 Å². The summed E-state index contributed by atoms with van der Waals surface area (Å²) in [7, 11) is 0. The number of nitrogens with one attached hydrogen (secondary N) is 1. The number of aliphatic carboxylic acids is 1. The maximum absolute atomic E-state index is 11.8. The van der Waals surface area contributed by atoms with Gasteiger partial charge in [-0.05, 0) is 24.5 Å². The number of carbonyl (C=O) groups excluding carboxylic acids is 1.